The zero-order valence-electron chi connectivity index (χ0n) is 20.7. The standard InChI is InChI=1S/C32H36Br2O/c1-2-3-4-5-21-6-8-22(9-7-21)23-10-12-24(13-11-23)26-16-17-28(29(18-26)25-14-15-25)27-19-30(33)32(35)31(34)20-27/h10-13,16-22,25,35H,2-9,14-15H2,1H3. The Morgan fingerprint density at radius 1 is 0.714 bits per heavy atom. The molecule has 0 atom stereocenters. The molecular weight excluding hydrogens is 560 g/mol. The van der Waals surface area contributed by atoms with Gasteiger partial charge in [0.1, 0.15) is 5.75 Å². The summed E-state index contributed by atoms with van der Waals surface area (Å²) in [7, 11) is 0. The lowest BCUT2D eigenvalue weighted by atomic mass is 9.77. The fourth-order valence-corrected chi connectivity index (χ4v) is 7.06. The van der Waals surface area contributed by atoms with Gasteiger partial charge < -0.3 is 5.11 Å². The number of benzene rings is 3. The molecule has 0 aliphatic heterocycles. The Morgan fingerprint density at radius 2 is 1.34 bits per heavy atom. The molecule has 0 bridgehead atoms. The van der Waals surface area contributed by atoms with Gasteiger partial charge in [-0.25, -0.2) is 0 Å². The van der Waals surface area contributed by atoms with Crippen LogP contribution in [-0.2, 0) is 0 Å². The average molecular weight is 596 g/mol. The minimum absolute atomic E-state index is 0.253. The highest BCUT2D eigenvalue weighted by Crippen LogP contribution is 2.47. The molecule has 3 aromatic rings. The molecule has 3 aromatic carbocycles. The first-order chi connectivity index (χ1) is 17.0. The summed E-state index contributed by atoms with van der Waals surface area (Å²) < 4.78 is 1.44. The zero-order chi connectivity index (χ0) is 24.4. The molecule has 0 heterocycles. The molecule has 1 N–H and O–H groups in total. The van der Waals surface area contributed by atoms with Crippen molar-refractivity contribution in [3.63, 3.8) is 0 Å². The van der Waals surface area contributed by atoms with Gasteiger partial charge in [-0.2, -0.15) is 0 Å². The van der Waals surface area contributed by atoms with Crippen LogP contribution in [0, 0.1) is 5.92 Å². The van der Waals surface area contributed by atoms with Crippen LogP contribution >= 0.6 is 31.9 Å². The van der Waals surface area contributed by atoms with Crippen LogP contribution in [0.15, 0.2) is 63.5 Å². The summed E-state index contributed by atoms with van der Waals surface area (Å²) in [6, 6.07) is 20.4. The molecule has 0 spiro atoms. The Labute approximate surface area is 227 Å². The molecule has 0 saturated heterocycles. The van der Waals surface area contributed by atoms with E-state index in [1.807, 2.05) is 12.1 Å². The van der Waals surface area contributed by atoms with E-state index in [4.69, 9.17) is 0 Å². The number of phenolic OH excluding ortho intramolecular Hbond substituents is 1. The van der Waals surface area contributed by atoms with Crippen molar-refractivity contribution in [1.82, 2.24) is 0 Å². The molecule has 3 heteroatoms. The van der Waals surface area contributed by atoms with Crippen molar-refractivity contribution in [2.45, 2.75) is 83.0 Å². The van der Waals surface area contributed by atoms with E-state index in [0.717, 1.165) is 26.3 Å². The maximum absolute atomic E-state index is 10.1. The van der Waals surface area contributed by atoms with E-state index in [1.165, 1.54) is 92.0 Å². The van der Waals surface area contributed by atoms with Gasteiger partial charge in [0, 0.05) is 0 Å². The van der Waals surface area contributed by atoms with E-state index in [1.54, 1.807) is 0 Å². The van der Waals surface area contributed by atoms with Crippen molar-refractivity contribution in [3.8, 4) is 28.0 Å². The van der Waals surface area contributed by atoms with E-state index in [9.17, 15) is 5.11 Å². The normalized spacial score (nSPS) is 20.2. The van der Waals surface area contributed by atoms with Crippen LogP contribution in [0.3, 0.4) is 0 Å². The predicted molar refractivity (Wildman–Crippen MR) is 155 cm³/mol. The molecule has 35 heavy (non-hydrogen) atoms. The second-order valence-corrected chi connectivity index (χ2v) is 12.4. The molecule has 0 aromatic heterocycles. The number of hydrogen-bond acceptors (Lipinski definition) is 1. The third kappa shape index (κ3) is 5.88. The van der Waals surface area contributed by atoms with Gasteiger partial charge in [0.2, 0.25) is 0 Å². The van der Waals surface area contributed by atoms with E-state index in [2.05, 4.69) is 81.2 Å². The smallest absolute Gasteiger partial charge is 0.143 e. The molecule has 0 amide bonds. The van der Waals surface area contributed by atoms with Crippen molar-refractivity contribution in [2.75, 3.05) is 0 Å². The van der Waals surface area contributed by atoms with Crippen molar-refractivity contribution < 1.29 is 5.11 Å². The Balaban J connectivity index is 1.32. The van der Waals surface area contributed by atoms with Crippen LogP contribution in [0.1, 0.15) is 94.1 Å². The summed E-state index contributed by atoms with van der Waals surface area (Å²) in [6.45, 7) is 2.30. The highest BCUT2D eigenvalue weighted by Gasteiger charge is 2.27. The second kappa shape index (κ2) is 11.2. The average Bonchev–Trinajstić information content (AvgIpc) is 3.73. The minimum atomic E-state index is 0.253. The van der Waals surface area contributed by atoms with Gasteiger partial charge in [0.15, 0.2) is 0 Å². The largest absolute Gasteiger partial charge is 0.506 e. The third-order valence-electron chi connectivity index (χ3n) is 8.17. The SMILES string of the molecule is CCCCCC1CCC(c2ccc(-c3ccc(-c4cc(Br)c(O)c(Br)c4)c(C4CC4)c3)cc2)CC1. The summed E-state index contributed by atoms with van der Waals surface area (Å²) >= 11 is 7.00. The summed E-state index contributed by atoms with van der Waals surface area (Å²) in [5.41, 5.74) is 7.97. The van der Waals surface area contributed by atoms with Gasteiger partial charge >= 0.3 is 0 Å². The van der Waals surface area contributed by atoms with Crippen LogP contribution in [0.4, 0.5) is 0 Å². The van der Waals surface area contributed by atoms with Crippen molar-refractivity contribution in [1.29, 1.82) is 0 Å². The molecule has 2 saturated carbocycles. The lowest BCUT2D eigenvalue weighted by Crippen LogP contribution is -2.13. The van der Waals surface area contributed by atoms with Gasteiger partial charge in [-0.3, -0.25) is 0 Å². The summed E-state index contributed by atoms with van der Waals surface area (Å²) in [4.78, 5) is 0. The zero-order valence-corrected chi connectivity index (χ0v) is 23.9. The van der Waals surface area contributed by atoms with E-state index in [0.29, 0.717) is 5.92 Å². The summed E-state index contributed by atoms with van der Waals surface area (Å²) in [6.07, 6.45) is 13.6. The second-order valence-electron chi connectivity index (χ2n) is 10.7. The Kier molecular flexibility index (Phi) is 8.04. The van der Waals surface area contributed by atoms with Crippen LogP contribution in [0.5, 0.6) is 5.75 Å². The van der Waals surface area contributed by atoms with E-state index < -0.39 is 0 Å². The van der Waals surface area contributed by atoms with Crippen LogP contribution < -0.4 is 0 Å². The Morgan fingerprint density at radius 3 is 1.97 bits per heavy atom. The summed E-state index contributed by atoms with van der Waals surface area (Å²) in [5, 5.41) is 10.1. The minimum Gasteiger partial charge on any atom is -0.506 e. The van der Waals surface area contributed by atoms with Crippen LogP contribution in [0.25, 0.3) is 22.3 Å². The number of phenols is 1. The molecule has 184 valence electrons. The van der Waals surface area contributed by atoms with Gasteiger partial charge in [-0.15, -0.1) is 0 Å². The van der Waals surface area contributed by atoms with Gasteiger partial charge in [0.25, 0.3) is 0 Å². The lowest BCUT2D eigenvalue weighted by molar-refractivity contribution is 0.303. The molecule has 0 radical (unpaired) electrons. The number of halogens is 2. The van der Waals surface area contributed by atoms with Crippen molar-refractivity contribution in [3.05, 3.63) is 74.7 Å². The van der Waals surface area contributed by atoms with Crippen molar-refractivity contribution >= 4 is 31.9 Å². The van der Waals surface area contributed by atoms with Gasteiger partial charge in [-0.1, -0.05) is 75.1 Å². The quantitative estimate of drug-likeness (QED) is 0.257. The first-order valence-corrected chi connectivity index (χ1v) is 15.0. The first kappa shape index (κ1) is 25.1. The predicted octanol–water partition coefficient (Wildman–Crippen LogP) is 11.0. The van der Waals surface area contributed by atoms with Crippen LogP contribution in [0.2, 0.25) is 0 Å². The molecule has 2 fully saturated rings. The molecule has 2 aliphatic carbocycles. The maximum Gasteiger partial charge on any atom is 0.143 e. The van der Waals surface area contributed by atoms with E-state index >= 15 is 0 Å². The number of hydrogen-bond donors (Lipinski definition) is 1. The monoisotopic (exact) mass is 594 g/mol. The highest BCUT2D eigenvalue weighted by atomic mass is 79.9. The van der Waals surface area contributed by atoms with E-state index in [-0.39, 0.29) is 5.75 Å². The molecule has 1 nitrogen and oxygen atoms in total. The van der Waals surface area contributed by atoms with Crippen molar-refractivity contribution in [2.24, 2.45) is 5.92 Å². The highest BCUT2D eigenvalue weighted by molar-refractivity contribution is 9.11. The third-order valence-corrected chi connectivity index (χ3v) is 9.38. The van der Waals surface area contributed by atoms with Gasteiger partial charge in [0.05, 0.1) is 8.95 Å². The number of aromatic hydroxyl groups is 1. The Hall–Kier alpha value is -1.58. The maximum atomic E-state index is 10.1. The molecule has 5 rings (SSSR count). The Bertz CT molecular complexity index is 1130. The molecular formula is C32H36Br2O. The fourth-order valence-electron chi connectivity index (χ4n) is 5.87. The number of unbranched alkanes of at least 4 members (excludes halogenated alkanes) is 2. The molecule has 0 unspecified atom stereocenters. The molecule has 2 aliphatic rings. The fraction of sp³-hybridized carbons (Fsp3) is 0.438. The lowest BCUT2D eigenvalue weighted by Gasteiger charge is -2.29. The van der Waals surface area contributed by atoms with Gasteiger partial charge in [-0.05, 0) is 134 Å². The van der Waals surface area contributed by atoms with Crippen LogP contribution in [-0.4, -0.2) is 5.11 Å². The first-order valence-electron chi connectivity index (χ1n) is 13.5. The number of rotatable bonds is 8. The summed E-state index contributed by atoms with van der Waals surface area (Å²) in [5.74, 6) is 2.60. The topological polar surface area (TPSA) is 20.2 Å².